The van der Waals surface area contributed by atoms with Gasteiger partial charge in [0.15, 0.2) is 0 Å². The Balaban J connectivity index is 1.85. The Kier molecular flexibility index (Phi) is 7.15. The maximum atomic E-state index is 11.6. The molecule has 1 heterocycles. The average Bonchev–Trinajstić information content (AvgIpc) is 3.26. The van der Waals surface area contributed by atoms with Gasteiger partial charge in [-0.1, -0.05) is 82.8 Å². The maximum absolute atomic E-state index is 11.6. The van der Waals surface area contributed by atoms with Gasteiger partial charge in [0.25, 0.3) is 0 Å². The summed E-state index contributed by atoms with van der Waals surface area (Å²) in [6, 6.07) is 21.1. The van der Waals surface area contributed by atoms with Crippen LogP contribution in [0.15, 0.2) is 86.6 Å². The molecule has 0 saturated carbocycles. The van der Waals surface area contributed by atoms with Crippen LogP contribution >= 0.6 is 23.5 Å². The summed E-state index contributed by atoms with van der Waals surface area (Å²) in [7, 11) is 0. The van der Waals surface area contributed by atoms with Gasteiger partial charge < -0.3 is 10.2 Å². The van der Waals surface area contributed by atoms with Crippen molar-refractivity contribution in [2.45, 2.75) is 66.3 Å². The second-order valence-corrected chi connectivity index (χ2v) is 12.4. The fraction of sp³-hybridized carbons (Fsp3) is 0.296. The smallest absolute Gasteiger partial charge is 0.219 e. The van der Waals surface area contributed by atoms with Crippen LogP contribution in [0.25, 0.3) is 5.69 Å². The van der Waals surface area contributed by atoms with Crippen molar-refractivity contribution in [1.29, 1.82) is 0 Å². The standard InChI is InChI=1S/C27H30N4O2S2/c1-26(2,3)17-27(4,5)20-16-21(32)23(34-19-14-10-7-11-15-19)24(22(20)33)35-25-28-29-30-31(25)18-12-8-6-9-13-18/h6-16,32-33H,17H2,1-5H3. The number of nitrogens with zero attached hydrogens (tertiary/aromatic N) is 4. The third kappa shape index (κ3) is 5.82. The highest BCUT2D eigenvalue weighted by atomic mass is 32.2. The number of aromatic nitrogens is 4. The van der Waals surface area contributed by atoms with E-state index in [0.717, 1.165) is 17.0 Å². The van der Waals surface area contributed by atoms with Crippen molar-refractivity contribution in [1.82, 2.24) is 20.2 Å². The molecule has 4 rings (SSSR count). The van der Waals surface area contributed by atoms with Gasteiger partial charge in [0.1, 0.15) is 11.5 Å². The number of rotatable bonds is 7. The monoisotopic (exact) mass is 506 g/mol. The molecule has 0 saturated heterocycles. The van der Waals surface area contributed by atoms with Gasteiger partial charge in [-0.2, -0.15) is 4.68 Å². The largest absolute Gasteiger partial charge is 0.507 e. The third-order valence-corrected chi connectivity index (χ3v) is 7.78. The first-order valence-corrected chi connectivity index (χ1v) is 13.0. The van der Waals surface area contributed by atoms with Gasteiger partial charge in [0, 0.05) is 10.5 Å². The van der Waals surface area contributed by atoms with Crippen LogP contribution in [0.3, 0.4) is 0 Å². The van der Waals surface area contributed by atoms with Crippen LogP contribution < -0.4 is 0 Å². The predicted molar refractivity (Wildman–Crippen MR) is 141 cm³/mol. The van der Waals surface area contributed by atoms with Crippen molar-refractivity contribution in [2.75, 3.05) is 0 Å². The van der Waals surface area contributed by atoms with Crippen LogP contribution in [0.4, 0.5) is 0 Å². The fourth-order valence-corrected chi connectivity index (χ4v) is 6.44. The van der Waals surface area contributed by atoms with Crippen molar-refractivity contribution in [3.05, 3.63) is 72.3 Å². The van der Waals surface area contributed by atoms with E-state index in [-0.39, 0.29) is 22.3 Å². The molecule has 0 radical (unpaired) electrons. The molecule has 0 unspecified atom stereocenters. The molecule has 0 atom stereocenters. The van der Waals surface area contributed by atoms with Crippen LogP contribution in [0.1, 0.15) is 46.6 Å². The van der Waals surface area contributed by atoms with Crippen LogP contribution in [-0.2, 0) is 5.41 Å². The van der Waals surface area contributed by atoms with Gasteiger partial charge in [-0.15, -0.1) is 5.10 Å². The Morgan fingerprint density at radius 2 is 1.46 bits per heavy atom. The number of tetrazole rings is 1. The zero-order valence-electron chi connectivity index (χ0n) is 20.6. The van der Waals surface area contributed by atoms with Gasteiger partial charge in [-0.25, -0.2) is 0 Å². The molecule has 2 N–H and O–H groups in total. The fourth-order valence-electron chi connectivity index (χ4n) is 4.42. The molecule has 0 spiro atoms. The first kappa shape index (κ1) is 25.1. The number of benzene rings is 3. The van der Waals surface area contributed by atoms with E-state index in [1.807, 2.05) is 60.7 Å². The Morgan fingerprint density at radius 1 is 0.829 bits per heavy atom. The molecule has 0 fully saturated rings. The summed E-state index contributed by atoms with van der Waals surface area (Å²) in [5.74, 6) is 0.262. The van der Waals surface area contributed by atoms with Gasteiger partial charge >= 0.3 is 0 Å². The average molecular weight is 507 g/mol. The molecular weight excluding hydrogens is 476 g/mol. The lowest BCUT2D eigenvalue weighted by molar-refractivity contribution is 0.276. The third-order valence-electron chi connectivity index (χ3n) is 5.49. The molecule has 4 aromatic rings. The summed E-state index contributed by atoms with van der Waals surface area (Å²) in [6.07, 6.45) is 0.823. The Hall–Kier alpha value is -2.97. The molecule has 6 nitrogen and oxygen atoms in total. The molecule has 0 aliphatic heterocycles. The van der Waals surface area contributed by atoms with Crippen molar-refractivity contribution < 1.29 is 10.2 Å². The van der Waals surface area contributed by atoms with Gasteiger partial charge in [-0.3, -0.25) is 0 Å². The molecule has 0 amide bonds. The maximum Gasteiger partial charge on any atom is 0.219 e. The SMILES string of the molecule is CC(C)(C)CC(C)(C)c1cc(O)c(Sc2ccccc2)c(Sc2nnnn2-c2ccccc2)c1O. The lowest BCUT2D eigenvalue weighted by Crippen LogP contribution is -2.25. The topological polar surface area (TPSA) is 84.1 Å². The minimum absolute atomic E-state index is 0.0354. The summed E-state index contributed by atoms with van der Waals surface area (Å²) in [5.41, 5.74) is 1.17. The van der Waals surface area contributed by atoms with Crippen LogP contribution in [0, 0.1) is 5.41 Å². The van der Waals surface area contributed by atoms with E-state index in [4.69, 9.17) is 0 Å². The van der Waals surface area contributed by atoms with Crippen molar-refractivity contribution >= 4 is 23.5 Å². The van der Waals surface area contributed by atoms with Crippen molar-refractivity contribution in [3.8, 4) is 17.2 Å². The van der Waals surface area contributed by atoms with Gasteiger partial charge in [0.05, 0.1) is 15.5 Å². The minimum atomic E-state index is -0.379. The molecular formula is C27H30N4O2S2. The van der Waals surface area contributed by atoms with E-state index in [9.17, 15) is 10.2 Å². The molecule has 0 bridgehead atoms. The molecule has 182 valence electrons. The first-order chi connectivity index (χ1) is 16.5. The van der Waals surface area contributed by atoms with Crippen LogP contribution in [0.2, 0.25) is 0 Å². The highest BCUT2D eigenvalue weighted by Crippen LogP contribution is 2.52. The van der Waals surface area contributed by atoms with E-state index >= 15 is 0 Å². The molecule has 35 heavy (non-hydrogen) atoms. The molecule has 0 aliphatic rings. The summed E-state index contributed by atoms with van der Waals surface area (Å²) in [6.45, 7) is 10.7. The number of para-hydroxylation sites is 1. The summed E-state index contributed by atoms with van der Waals surface area (Å²) >= 11 is 2.65. The second kappa shape index (κ2) is 9.95. The Bertz CT molecular complexity index is 1300. The van der Waals surface area contributed by atoms with Crippen LogP contribution in [0.5, 0.6) is 11.5 Å². The molecule has 1 aromatic heterocycles. The molecule has 0 aliphatic carbocycles. The summed E-state index contributed by atoms with van der Waals surface area (Å²) in [5, 5.41) is 35.6. The summed E-state index contributed by atoms with van der Waals surface area (Å²) < 4.78 is 1.63. The van der Waals surface area contributed by atoms with E-state index in [1.54, 1.807) is 10.7 Å². The quantitative estimate of drug-likeness (QED) is 0.259. The Morgan fingerprint density at radius 3 is 2.09 bits per heavy atom. The van der Waals surface area contributed by atoms with Crippen LogP contribution in [-0.4, -0.2) is 30.4 Å². The predicted octanol–water partition coefficient (Wildman–Crippen LogP) is 7.09. The van der Waals surface area contributed by atoms with Gasteiger partial charge in [0.2, 0.25) is 5.16 Å². The molecule has 8 heteroatoms. The van der Waals surface area contributed by atoms with Crippen molar-refractivity contribution in [3.63, 3.8) is 0 Å². The van der Waals surface area contributed by atoms with Gasteiger partial charge in [-0.05, 0) is 69.8 Å². The van der Waals surface area contributed by atoms with E-state index in [2.05, 4.69) is 50.1 Å². The highest BCUT2D eigenvalue weighted by molar-refractivity contribution is 8.02. The number of hydrogen-bond donors (Lipinski definition) is 2. The number of phenols is 2. The highest BCUT2D eigenvalue weighted by Gasteiger charge is 2.33. The second-order valence-electron chi connectivity index (χ2n) is 10.3. The zero-order valence-corrected chi connectivity index (χ0v) is 22.2. The van der Waals surface area contributed by atoms with E-state index in [1.165, 1.54) is 23.5 Å². The normalized spacial score (nSPS) is 12.1. The number of aromatic hydroxyl groups is 2. The van der Waals surface area contributed by atoms with E-state index in [0.29, 0.717) is 20.5 Å². The Labute approximate surface area is 214 Å². The number of phenolic OH excluding ortho intramolecular Hbond substituents is 2. The first-order valence-electron chi connectivity index (χ1n) is 11.4. The lowest BCUT2D eigenvalue weighted by Gasteiger charge is -2.34. The number of hydrogen-bond acceptors (Lipinski definition) is 7. The lowest BCUT2D eigenvalue weighted by atomic mass is 9.72. The minimum Gasteiger partial charge on any atom is -0.507 e. The van der Waals surface area contributed by atoms with Crippen molar-refractivity contribution in [2.24, 2.45) is 5.41 Å². The molecule has 3 aromatic carbocycles. The summed E-state index contributed by atoms with van der Waals surface area (Å²) in [4.78, 5) is 2.05. The zero-order chi connectivity index (χ0) is 25.2. The van der Waals surface area contributed by atoms with E-state index < -0.39 is 0 Å².